The van der Waals surface area contributed by atoms with E-state index < -0.39 is 0 Å². The Bertz CT molecular complexity index is 93.3. The van der Waals surface area contributed by atoms with Crippen molar-refractivity contribution >= 4 is 0 Å². The molecule has 2 unspecified atom stereocenters. The third kappa shape index (κ3) is 2.67. The highest BCUT2D eigenvalue weighted by molar-refractivity contribution is 4.89. The molecule has 0 aromatic rings. The lowest BCUT2D eigenvalue weighted by molar-refractivity contribution is 0.605. The molecule has 1 aliphatic rings. The second kappa shape index (κ2) is 3.94. The minimum absolute atomic E-state index is 0.831. The summed E-state index contributed by atoms with van der Waals surface area (Å²) in [6.07, 6.45) is 3.77. The number of rotatable bonds is 5. The molecule has 0 saturated heterocycles. The Hall–Kier alpha value is -0.0800. The molecule has 0 bridgehead atoms. The summed E-state index contributed by atoms with van der Waals surface area (Å²) in [6.45, 7) is 4.29. The van der Waals surface area contributed by atoms with Crippen LogP contribution in [0.25, 0.3) is 0 Å². The molecule has 1 fully saturated rings. The number of hydrogen-bond donors (Lipinski definition) is 2. The zero-order valence-electron chi connectivity index (χ0n) is 6.77. The number of nitrogens with one attached hydrogen (secondary N) is 1. The van der Waals surface area contributed by atoms with Gasteiger partial charge in [-0.3, -0.25) is 0 Å². The van der Waals surface area contributed by atoms with Gasteiger partial charge in [0.05, 0.1) is 0 Å². The van der Waals surface area contributed by atoms with E-state index in [1.165, 1.54) is 12.8 Å². The molecule has 0 aromatic carbocycles. The van der Waals surface area contributed by atoms with Crippen molar-refractivity contribution in [1.82, 2.24) is 5.32 Å². The minimum Gasteiger partial charge on any atom is -0.330 e. The van der Waals surface area contributed by atoms with Gasteiger partial charge in [0.15, 0.2) is 0 Å². The summed E-state index contributed by atoms with van der Waals surface area (Å²) in [5.74, 6) is 0.929. The molecule has 2 nitrogen and oxygen atoms in total. The molecule has 2 atom stereocenters. The van der Waals surface area contributed by atoms with Crippen molar-refractivity contribution in [3.63, 3.8) is 0 Å². The topological polar surface area (TPSA) is 38.0 Å². The van der Waals surface area contributed by atoms with Crippen molar-refractivity contribution in [2.75, 3.05) is 13.1 Å². The van der Waals surface area contributed by atoms with Crippen LogP contribution in [0.15, 0.2) is 0 Å². The number of nitrogens with two attached hydrogens (primary N) is 1. The fourth-order valence-corrected chi connectivity index (χ4v) is 1.16. The Balaban J connectivity index is 1.78. The predicted molar refractivity (Wildman–Crippen MR) is 43.9 cm³/mol. The smallest absolute Gasteiger partial charge is 0.00963 e. The lowest BCUT2D eigenvalue weighted by atomic mass is 10.3. The average molecular weight is 142 g/mol. The van der Waals surface area contributed by atoms with Gasteiger partial charge in [-0.05, 0) is 38.3 Å². The predicted octanol–water partition coefficient (Wildman–Crippen LogP) is 0.723. The number of hydrogen-bond acceptors (Lipinski definition) is 2. The van der Waals surface area contributed by atoms with Gasteiger partial charge in [0.1, 0.15) is 0 Å². The second-order valence-electron chi connectivity index (χ2n) is 3.27. The maximum atomic E-state index is 5.36. The highest BCUT2D eigenvalue weighted by Crippen LogP contribution is 2.28. The largest absolute Gasteiger partial charge is 0.330 e. The van der Waals surface area contributed by atoms with Gasteiger partial charge >= 0.3 is 0 Å². The van der Waals surface area contributed by atoms with Gasteiger partial charge in [-0.1, -0.05) is 6.92 Å². The maximum Gasteiger partial charge on any atom is 0.00963 e. The summed E-state index contributed by atoms with van der Waals surface area (Å²) in [4.78, 5) is 0. The molecule has 0 amide bonds. The molecule has 10 heavy (non-hydrogen) atoms. The fourth-order valence-electron chi connectivity index (χ4n) is 1.16. The summed E-state index contributed by atoms with van der Waals surface area (Å²) >= 11 is 0. The van der Waals surface area contributed by atoms with Crippen LogP contribution < -0.4 is 11.1 Å². The van der Waals surface area contributed by atoms with Crippen LogP contribution in [0.2, 0.25) is 0 Å². The zero-order valence-corrected chi connectivity index (χ0v) is 6.77. The summed E-state index contributed by atoms with van der Waals surface area (Å²) < 4.78 is 0. The van der Waals surface area contributed by atoms with Gasteiger partial charge in [-0.25, -0.2) is 0 Å². The van der Waals surface area contributed by atoms with Crippen LogP contribution in [0, 0.1) is 5.92 Å². The second-order valence-corrected chi connectivity index (χ2v) is 3.27. The van der Waals surface area contributed by atoms with E-state index >= 15 is 0 Å². The molecule has 60 valence electrons. The van der Waals surface area contributed by atoms with Crippen molar-refractivity contribution in [2.24, 2.45) is 11.7 Å². The summed E-state index contributed by atoms with van der Waals surface area (Å²) in [5, 5.41) is 3.49. The van der Waals surface area contributed by atoms with Crippen molar-refractivity contribution < 1.29 is 0 Å². The molecule has 1 saturated carbocycles. The SMILES string of the molecule is CC1CC1NCCCCN. The van der Waals surface area contributed by atoms with E-state index in [0.717, 1.165) is 31.5 Å². The van der Waals surface area contributed by atoms with Crippen LogP contribution in [0.3, 0.4) is 0 Å². The normalized spacial score (nSPS) is 30.6. The van der Waals surface area contributed by atoms with Gasteiger partial charge in [0.25, 0.3) is 0 Å². The Labute approximate surface area is 63.2 Å². The lowest BCUT2D eigenvalue weighted by Gasteiger charge is -2.00. The first-order valence-electron chi connectivity index (χ1n) is 4.28. The molecule has 0 aliphatic heterocycles. The molecular formula is C8H18N2. The van der Waals surface area contributed by atoms with Crippen molar-refractivity contribution in [2.45, 2.75) is 32.2 Å². The Morgan fingerprint density at radius 3 is 2.70 bits per heavy atom. The molecule has 0 aromatic heterocycles. The molecule has 2 heteroatoms. The molecule has 0 radical (unpaired) electrons. The molecule has 1 aliphatic carbocycles. The third-order valence-corrected chi connectivity index (χ3v) is 2.15. The van der Waals surface area contributed by atoms with Gasteiger partial charge in [-0.2, -0.15) is 0 Å². The number of unbranched alkanes of at least 4 members (excludes halogenated alkanes) is 1. The van der Waals surface area contributed by atoms with Crippen LogP contribution in [-0.2, 0) is 0 Å². The third-order valence-electron chi connectivity index (χ3n) is 2.15. The lowest BCUT2D eigenvalue weighted by Crippen LogP contribution is -2.19. The van der Waals surface area contributed by atoms with Crippen LogP contribution >= 0.6 is 0 Å². The van der Waals surface area contributed by atoms with Crippen LogP contribution in [0.5, 0.6) is 0 Å². The first-order valence-corrected chi connectivity index (χ1v) is 4.28. The first kappa shape index (κ1) is 8.02. The van der Waals surface area contributed by atoms with E-state index in [4.69, 9.17) is 5.73 Å². The van der Waals surface area contributed by atoms with Crippen molar-refractivity contribution in [3.8, 4) is 0 Å². The minimum atomic E-state index is 0.831. The fraction of sp³-hybridized carbons (Fsp3) is 1.00. The monoisotopic (exact) mass is 142 g/mol. The molecule has 3 N–H and O–H groups in total. The standard InChI is InChI=1S/C8H18N2/c1-7-6-8(7)10-5-3-2-4-9/h7-8,10H,2-6,9H2,1H3. The summed E-state index contributed by atoms with van der Waals surface area (Å²) in [7, 11) is 0. The van der Waals surface area contributed by atoms with Crippen molar-refractivity contribution in [3.05, 3.63) is 0 Å². The zero-order chi connectivity index (χ0) is 7.40. The highest BCUT2D eigenvalue weighted by atomic mass is 15.0. The van der Waals surface area contributed by atoms with Crippen molar-refractivity contribution in [1.29, 1.82) is 0 Å². The molecular weight excluding hydrogens is 124 g/mol. The van der Waals surface area contributed by atoms with E-state index in [1.54, 1.807) is 0 Å². The Morgan fingerprint density at radius 2 is 2.20 bits per heavy atom. The quantitative estimate of drug-likeness (QED) is 0.555. The van der Waals surface area contributed by atoms with E-state index in [9.17, 15) is 0 Å². The van der Waals surface area contributed by atoms with Crippen LogP contribution in [-0.4, -0.2) is 19.1 Å². The van der Waals surface area contributed by atoms with Gasteiger partial charge in [-0.15, -0.1) is 0 Å². The van der Waals surface area contributed by atoms with Gasteiger partial charge < -0.3 is 11.1 Å². The highest BCUT2D eigenvalue weighted by Gasteiger charge is 2.31. The van der Waals surface area contributed by atoms with Crippen LogP contribution in [0.1, 0.15) is 26.2 Å². The van der Waals surface area contributed by atoms with E-state index in [1.807, 2.05) is 0 Å². The van der Waals surface area contributed by atoms with E-state index in [2.05, 4.69) is 12.2 Å². The summed E-state index contributed by atoms with van der Waals surface area (Å²) in [5.41, 5.74) is 5.36. The average Bonchev–Trinajstić information content (AvgIpc) is 2.60. The molecule has 0 spiro atoms. The van der Waals surface area contributed by atoms with E-state index in [-0.39, 0.29) is 0 Å². The first-order chi connectivity index (χ1) is 4.84. The Kier molecular flexibility index (Phi) is 3.16. The Morgan fingerprint density at radius 1 is 1.50 bits per heavy atom. The van der Waals surface area contributed by atoms with Gasteiger partial charge in [0, 0.05) is 6.04 Å². The maximum absolute atomic E-state index is 5.36. The summed E-state index contributed by atoms with van der Waals surface area (Å²) in [6, 6.07) is 0.831. The van der Waals surface area contributed by atoms with Gasteiger partial charge in [0.2, 0.25) is 0 Å². The van der Waals surface area contributed by atoms with Crippen LogP contribution in [0.4, 0.5) is 0 Å². The molecule has 1 rings (SSSR count). The van der Waals surface area contributed by atoms with E-state index in [0.29, 0.717) is 0 Å². The molecule has 0 heterocycles.